The van der Waals surface area contributed by atoms with Gasteiger partial charge in [-0.1, -0.05) is 18.2 Å². The molecular weight excluding hydrogens is 230 g/mol. The molecule has 0 spiro atoms. The van der Waals surface area contributed by atoms with Crippen LogP contribution in [-0.2, 0) is 9.59 Å². The van der Waals surface area contributed by atoms with E-state index in [9.17, 15) is 9.59 Å². The van der Waals surface area contributed by atoms with E-state index in [1.54, 1.807) is 4.90 Å². The minimum absolute atomic E-state index is 0.0495. The summed E-state index contributed by atoms with van der Waals surface area (Å²) in [6.45, 7) is 0.936. The van der Waals surface area contributed by atoms with Crippen molar-refractivity contribution in [1.82, 2.24) is 5.32 Å². The van der Waals surface area contributed by atoms with Crippen molar-refractivity contribution in [1.29, 1.82) is 0 Å². The van der Waals surface area contributed by atoms with Gasteiger partial charge >= 0.3 is 0 Å². The predicted octanol–water partition coefficient (Wildman–Crippen LogP) is 0.257. The first-order valence-electron chi connectivity index (χ1n) is 6.08. The van der Waals surface area contributed by atoms with Crippen molar-refractivity contribution >= 4 is 17.5 Å². The van der Waals surface area contributed by atoms with Crippen LogP contribution in [0.15, 0.2) is 30.3 Å². The number of amides is 2. The molecule has 0 saturated carbocycles. The van der Waals surface area contributed by atoms with Gasteiger partial charge < -0.3 is 16.0 Å². The Labute approximate surface area is 106 Å². The molecule has 3 N–H and O–H groups in total. The highest BCUT2D eigenvalue weighted by atomic mass is 16.2. The molecule has 5 heteroatoms. The summed E-state index contributed by atoms with van der Waals surface area (Å²) in [5.41, 5.74) is 6.17. The topological polar surface area (TPSA) is 75.4 Å². The largest absolute Gasteiger partial charge is 0.344 e. The van der Waals surface area contributed by atoms with Crippen molar-refractivity contribution in [2.24, 2.45) is 5.73 Å². The number of carbonyl (C=O) groups is 2. The lowest BCUT2D eigenvalue weighted by molar-refractivity contribution is -0.126. The van der Waals surface area contributed by atoms with Crippen molar-refractivity contribution in [3.63, 3.8) is 0 Å². The van der Waals surface area contributed by atoms with E-state index >= 15 is 0 Å². The summed E-state index contributed by atoms with van der Waals surface area (Å²) in [5, 5.41) is 2.72. The summed E-state index contributed by atoms with van der Waals surface area (Å²) in [4.78, 5) is 25.3. The SMILES string of the molecule is NCCC(=O)NC1CCN(c2ccccc2)C1=O. The Hall–Kier alpha value is -1.88. The molecule has 18 heavy (non-hydrogen) atoms. The molecule has 1 aromatic rings. The fourth-order valence-corrected chi connectivity index (χ4v) is 2.08. The van der Waals surface area contributed by atoms with E-state index in [2.05, 4.69) is 5.32 Å². The molecule has 1 aliphatic heterocycles. The van der Waals surface area contributed by atoms with Crippen LogP contribution in [0.25, 0.3) is 0 Å². The summed E-state index contributed by atoms with van der Waals surface area (Å²) in [6.07, 6.45) is 0.902. The van der Waals surface area contributed by atoms with E-state index in [0.29, 0.717) is 19.5 Å². The van der Waals surface area contributed by atoms with Gasteiger partial charge in [-0.25, -0.2) is 0 Å². The fourth-order valence-electron chi connectivity index (χ4n) is 2.08. The highest BCUT2D eigenvalue weighted by Crippen LogP contribution is 2.20. The first-order chi connectivity index (χ1) is 8.72. The number of nitrogens with two attached hydrogens (primary N) is 1. The number of para-hydroxylation sites is 1. The zero-order valence-corrected chi connectivity index (χ0v) is 10.1. The maximum Gasteiger partial charge on any atom is 0.249 e. The highest BCUT2D eigenvalue weighted by Gasteiger charge is 2.33. The summed E-state index contributed by atoms with van der Waals surface area (Å²) < 4.78 is 0. The molecule has 1 fully saturated rings. The quantitative estimate of drug-likeness (QED) is 0.801. The van der Waals surface area contributed by atoms with Gasteiger partial charge in [0.15, 0.2) is 0 Å². The molecule has 96 valence electrons. The molecule has 0 radical (unpaired) electrons. The van der Waals surface area contributed by atoms with Crippen molar-refractivity contribution in [2.45, 2.75) is 18.9 Å². The third-order valence-electron chi connectivity index (χ3n) is 2.98. The van der Waals surface area contributed by atoms with Crippen LogP contribution >= 0.6 is 0 Å². The van der Waals surface area contributed by atoms with Gasteiger partial charge in [-0.05, 0) is 18.6 Å². The van der Waals surface area contributed by atoms with Gasteiger partial charge in [0.05, 0.1) is 0 Å². The van der Waals surface area contributed by atoms with Gasteiger partial charge in [-0.15, -0.1) is 0 Å². The number of hydrogen-bond donors (Lipinski definition) is 2. The molecule has 2 amide bonds. The maximum atomic E-state index is 12.1. The number of benzene rings is 1. The van der Waals surface area contributed by atoms with Crippen LogP contribution in [0.4, 0.5) is 5.69 Å². The van der Waals surface area contributed by atoms with Crippen LogP contribution in [0.1, 0.15) is 12.8 Å². The Kier molecular flexibility index (Phi) is 3.94. The Bertz CT molecular complexity index is 433. The average molecular weight is 247 g/mol. The summed E-state index contributed by atoms with van der Waals surface area (Å²) in [7, 11) is 0. The number of nitrogens with one attached hydrogen (secondary N) is 1. The average Bonchev–Trinajstić information content (AvgIpc) is 2.72. The lowest BCUT2D eigenvalue weighted by Crippen LogP contribution is -2.42. The molecule has 2 rings (SSSR count). The van der Waals surface area contributed by atoms with E-state index in [1.807, 2.05) is 30.3 Å². The molecule has 1 unspecified atom stereocenters. The van der Waals surface area contributed by atoms with Crippen LogP contribution in [0.2, 0.25) is 0 Å². The van der Waals surface area contributed by atoms with E-state index < -0.39 is 6.04 Å². The lowest BCUT2D eigenvalue weighted by Gasteiger charge is -2.17. The highest BCUT2D eigenvalue weighted by molar-refractivity contribution is 6.01. The van der Waals surface area contributed by atoms with Crippen LogP contribution in [0.5, 0.6) is 0 Å². The second-order valence-electron chi connectivity index (χ2n) is 4.27. The fraction of sp³-hybridized carbons (Fsp3) is 0.385. The van der Waals surface area contributed by atoms with E-state index in [0.717, 1.165) is 5.69 Å². The van der Waals surface area contributed by atoms with Crippen molar-refractivity contribution in [3.05, 3.63) is 30.3 Å². The summed E-state index contributed by atoms with van der Waals surface area (Å²) in [6, 6.07) is 9.06. The minimum Gasteiger partial charge on any atom is -0.344 e. The van der Waals surface area contributed by atoms with Crippen molar-refractivity contribution in [2.75, 3.05) is 18.0 Å². The lowest BCUT2D eigenvalue weighted by atomic mass is 10.2. The molecule has 0 aliphatic carbocycles. The number of anilines is 1. The van der Waals surface area contributed by atoms with Gasteiger partial charge in [0, 0.05) is 25.2 Å². The van der Waals surface area contributed by atoms with Crippen molar-refractivity contribution < 1.29 is 9.59 Å². The first-order valence-corrected chi connectivity index (χ1v) is 6.08. The molecular formula is C13H17N3O2. The predicted molar refractivity (Wildman–Crippen MR) is 69.0 cm³/mol. The Morgan fingerprint density at radius 2 is 2.11 bits per heavy atom. The number of hydrogen-bond acceptors (Lipinski definition) is 3. The molecule has 1 heterocycles. The van der Waals surface area contributed by atoms with Crippen LogP contribution < -0.4 is 16.0 Å². The van der Waals surface area contributed by atoms with Gasteiger partial charge in [-0.2, -0.15) is 0 Å². The van der Waals surface area contributed by atoms with Crippen LogP contribution in [0, 0.1) is 0 Å². The van der Waals surface area contributed by atoms with Gasteiger partial charge in [0.25, 0.3) is 0 Å². The summed E-state index contributed by atoms with van der Waals surface area (Å²) in [5.74, 6) is -0.211. The Morgan fingerprint density at radius 3 is 2.78 bits per heavy atom. The first kappa shape index (κ1) is 12.6. The zero-order chi connectivity index (χ0) is 13.0. The second kappa shape index (κ2) is 5.64. The normalized spacial score (nSPS) is 19.1. The maximum absolute atomic E-state index is 12.1. The van der Waals surface area contributed by atoms with E-state index in [4.69, 9.17) is 5.73 Å². The molecule has 0 aromatic heterocycles. The van der Waals surface area contributed by atoms with Crippen molar-refractivity contribution in [3.8, 4) is 0 Å². The van der Waals surface area contributed by atoms with E-state index in [1.165, 1.54) is 0 Å². The molecule has 0 bridgehead atoms. The molecule has 1 saturated heterocycles. The standard InChI is InChI=1S/C13H17N3O2/c14-8-6-12(17)15-11-7-9-16(13(11)18)10-4-2-1-3-5-10/h1-5,11H,6-9,14H2,(H,15,17). The Morgan fingerprint density at radius 1 is 1.39 bits per heavy atom. The summed E-state index contributed by atoms with van der Waals surface area (Å²) >= 11 is 0. The van der Waals surface area contributed by atoms with Crippen LogP contribution in [-0.4, -0.2) is 30.9 Å². The number of rotatable bonds is 4. The third kappa shape index (κ3) is 2.68. The van der Waals surface area contributed by atoms with Gasteiger partial charge in [-0.3, -0.25) is 9.59 Å². The monoisotopic (exact) mass is 247 g/mol. The zero-order valence-electron chi connectivity index (χ0n) is 10.1. The number of nitrogens with zero attached hydrogens (tertiary/aromatic N) is 1. The minimum atomic E-state index is -0.413. The molecule has 5 nitrogen and oxygen atoms in total. The van der Waals surface area contributed by atoms with Crippen LogP contribution in [0.3, 0.4) is 0 Å². The molecule has 1 atom stereocenters. The third-order valence-corrected chi connectivity index (χ3v) is 2.98. The van der Waals surface area contributed by atoms with Gasteiger partial charge in [0.1, 0.15) is 6.04 Å². The number of carbonyl (C=O) groups excluding carboxylic acids is 2. The smallest absolute Gasteiger partial charge is 0.249 e. The van der Waals surface area contributed by atoms with Gasteiger partial charge in [0.2, 0.25) is 11.8 Å². The second-order valence-corrected chi connectivity index (χ2v) is 4.27. The van der Waals surface area contributed by atoms with E-state index in [-0.39, 0.29) is 18.2 Å². The Balaban J connectivity index is 1.99. The molecule has 1 aromatic carbocycles. The molecule has 1 aliphatic rings.